The first-order chi connectivity index (χ1) is 2.56. The summed E-state index contributed by atoms with van der Waals surface area (Å²) in [4.78, 5) is 0. The smallest absolute Gasteiger partial charge is 0.264 e. The van der Waals surface area contributed by atoms with Crippen molar-refractivity contribution in [3.05, 3.63) is 0 Å². The van der Waals surface area contributed by atoms with Crippen LogP contribution in [0.25, 0.3) is 0 Å². The molecule has 0 saturated heterocycles. The van der Waals surface area contributed by atoms with E-state index in [2.05, 4.69) is 0 Å². The summed E-state index contributed by atoms with van der Waals surface area (Å²) in [6.07, 6.45) is 0. The molecule has 0 fully saturated rings. The molecule has 0 heterocycles. The first-order valence-corrected chi connectivity index (χ1v) is 3.12. The molecule has 1 N–H and O–H groups in total. The Kier molecular flexibility index (Phi) is 7.18. The third kappa shape index (κ3) is 11.2. The van der Waals surface area contributed by atoms with Gasteiger partial charge in [0.15, 0.2) is 0 Å². The van der Waals surface area contributed by atoms with Gasteiger partial charge in [0.25, 0.3) is 10.1 Å². The van der Waals surface area contributed by atoms with Gasteiger partial charge in [-0.25, -0.2) is 0 Å². The Labute approximate surface area is 85.7 Å². The molecule has 7 heavy (non-hydrogen) atoms. The SMILES string of the molecule is CCS(=O)(=O)O.[K]. The van der Waals surface area contributed by atoms with Crippen LogP contribution in [-0.2, 0) is 10.1 Å². The summed E-state index contributed by atoms with van der Waals surface area (Å²) in [6, 6.07) is 0. The van der Waals surface area contributed by atoms with Crippen molar-refractivity contribution in [1.29, 1.82) is 0 Å². The van der Waals surface area contributed by atoms with E-state index in [0.29, 0.717) is 0 Å². The van der Waals surface area contributed by atoms with Crippen LogP contribution in [0.3, 0.4) is 0 Å². The van der Waals surface area contributed by atoms with Gasteiger partial charge in [-0.1, -0.05) is 0 Å². The van der Waals surface area contributed by atoms with Crippen LogP contribution in [0.5, 0.6) is 0 Å². The second-order valence-corrected chi connectivity index (χ2v) is 2.61. The van der Waals surface area contributed by atoms with Crippen LogP contribution in [-0.4, -0.2) is 70.1 Å². The van der Waals surface area contributed by atoms with Gasteiger partial charge in [-0.15, -0.1) is 0 Å². The molecule has 0 aliphatic carbocycles. The predicted octanol–water partition coefficient (Wildman–Crippen LogP) is -0.487. The summed E-state index contributed by atoms with van der Waals surface area (Å²) in [5.41, 5.74) is 0. The molecule has 0 rings (SSSR count). The molecular formula is C2H6KO3S. The van der Waals surface area contributed by atoms with Gasteiger partial charge in [-0.05, 0) is 6.92 Å². The third-order valence-electron chi connectivity index (χ3n) is 0.365. The molecule has 0 aromatic heterocycles. The Morgan fingerprint density at radius 2 is 1.71 bits per heavy atom. The fourth-order valence-corrected chi connectivity index (χ4v) is 0. The van der Waals surface area contributed by atoms with Crippen molar-refractivity contribution in [1.82, 2.24) is 0 Å². The summed E-state index contributed by atoms with van der Waals surface area (Å²) in [6.45, 7) is 1.37. The Morgan fingerprint density at radius 1 is 1.57 bits per heavy atom. The summed E-state index contributed by atoms with van der Waals surface area (Å²) in [5.74, 6) is -0.201. The average molecular weight is 149 g/mol. The van der Waals surface area contributed by atoms with Crippen LogP contribution >= 0.6 is 0 Å². The number of rotatable bonds is 1. The van der Waals surface area contributed by atoms with Crippen LogP contribution in [0.15, 0.2) is 0 Å². The number of hydrogen-bond acceptors (Lipinski definition) is 2. The Balaban J connectivity index is 0. The second kappa shape index (κ2) is 4.43. The van der Waals surface area contributed by atoms with Crippen molar-refractivity contribution in [2.45, 2.75) is 6.92 Å². The van der Waals surface area contributed by atoms with E-state index < -0.39 is 10.1 Å². The van der Waals surface area contributed by atoms with E-state index in [1.807, 2.05) is 0 Å². The van der Waals surface area contributed by atoms with Gasteiger partial charge in [0, 0.05) is 51.4 Å². The molecule has 3 nitrogen and oxygen atoms in total. The molecule has 0 aliphatic heterocycles. The largest absolute Gasteiger partial charge is 0.286 e. The van der Waals surface area contributed by atoms with Crippen molar-refractivity contribution in [2.24, 2.45) is 0 Å². The van der Waals surface area contributed by atoms with Crippen LogP contribution in [0.1, 0.15) is 6.92 Å². The van der Waals surface area contributed by atoms with Gasteiger partial charge in [0.1, 0.15) is 0 Å². The average Bonchev–Trinajstić information content (AvgIpc) is 1.35. The van der Waals surface area contributed by atoms with E-state index in [9.17, 15) is 8.42 Å². The molecule has 0 aromatic carbocycles. The van der Waals surface area contributed by atoms with Crippen molar-refractivity contribution >= 4 is 61.5 Å². The monoisotopic (exact) mass is 149 g/mol. The summed E-state index contributed by atoms with van der Waals surface area (Å²) >= 11 is 0. The molecule has 0 bridgehead atoms. The van der Waals surface area contributed by atoms with Crippen molar-refractivity contribution in [3.8, 4) is 0 Å². The standard InChI is InChI=1S/C2H6O3S.K/c1-2-6(3,4)5;/h2H2,1H3,(H,3,4,5);. The zero-order valence-electron chi connectivity index (χ0n) is 4.38. The molecule has 0 unspecified atom stereocenters. The van der Waals surface area contributed by atoms with Gasteiger partial charge in [-0.3, -0.25) is 4.55 Å². The maximum absolute atomic E-state index is 9.56. The topological polar surface area (TPSA) is 54.4 Å². The van der Waals surface area contributed by atoms with Gasteiger partial charge >= 0.3 is 0 Å². The Morgan fingerprint density at radius 3 is 1.71 bits per heavy atom. The van der Waals surface area contributed by atoms with Crippen molar-refractivity contribution in [3.63, 3.8) is 0 Å². The molecule has 0 atom stereocenters. The van der Waals surface area contributed by atoms with Crippen molar-refractivity contribution in [2.75, 3.05) is 5.75 Å². The second-order valence-electron chi connectivity index (χ2n) is 0.871. The van der Waals surface area contributed by atoms with E-state index in [1.165, 1.54) is 6.92 Å². The zero-order chi connectivity index (χ0) is 5.21. The van der Waals surface area contributed by atoms with Gasteiger partial charge in [0.05, 0.1) is 5.75 Å². The minimum Gasteiger partial charge on any atom is -0.286 e. The number of hydrogen-bond donors (Lipinski definition) is 1. The van der Waals surface area contributed by atoms with Crippen LogP contribution in [0, 0.1) is 0 Å². The molecule has 0 amide bonds. The van der Waals surface area contributed by atoms with E-state index in [1.54, 1.807) is 0 Å². The predicted molar refractivity (Wildman–Crippen MR) is 27.8 cm³/mol. The van der Waals surface area contributed by atoms with E-state index in [0.717, 1.165) is 0 Å². The van der Waals surface area contributed by atoms with Crippen LogP contribution in [0.2, 0.25) is 0 Å². The summed E-state index contributed by atoms with van der Waals surface area (Å²) in [5, 5.41) is 0. The van der Waals surface area contributed by atoms with Gasteiger partial charge < -0.3 is 0 Å². The molecule has 1 radical (unpaired) electrons. The van der Waals surface area contributed by atoms with Crippen LogP contribution in [0.4, 0.5) is 0 Å². The Bertz CT molecular complexity index is 115. The van der Waals surface area contributed by atoms with E-state index in [-0.39, 0.29) is 57.1 Å². The molecule has 0 aromatic rings. The molecule has 0 aliphatic rings. The van der Waals surface area contributed by atoms with Crippen LogP contribution < -0.4 is 0 Å². The minimum absolute atomic E-state index is 0. The quantitative estimate of drug-likeness (QED) is 0.404. The molecule has 39 valence electrons. The normalized spacial score (nSPS) is 10.0. The molecule has 0 saturated carbocycles. The van der Waals surface area contributed by atoms with E-state index in [4.69, 9.17) is 4.55 Å². The summed E-state index contributed by atoms with van der Waals surface area (Å²) in [7, 11) is -3.66. The fraction of sp³-hybridized carbons (Fsp3) is 1.00. The van der Waals surface area contributed by atoms with Crippen molar-refractivity contribution < 1.29 is 13.0 Å². The third-order valence-corrected chi connectivity index (χ3v) is 1.09. The van der Waals surface area contributed by atoms with Gasteiger partial charge in [-0.2, -0.15) is 8.42 Å². The van der Waals surface area contributed by atoms with E-state index >= 15 is 0 Å². The van der Waals surface area contributed by atoms with Gasteiger partial charge in [0.2, 0.25) is 0 Å². The minimum atomic E-state index is -3.66. The molecular weight excluding hydrogens is 143 g/mol. The first kappa shape index (κ1) is 11.4. The summed E-state index contributed by atoms with van der Waals surface area (Å²) < 4.78 is 26.9. The molecule has 5 heteroatoms. The first-order valence-electron chi connectivity index (χ1n) is 1.51. The maximum atomic E-state index is 9.56. The maximum Gasteiger partial charge on any atom is 0.264 e. The zero-order valence-corrected chi connectivity index (χ0v) is 8.32. The Hall–Kier alpha value is 1.55. The molecule has 0 spiro atoms. The fourth-order valence-electron chi connectivity index (χ4n) is 0.